The maximum absolute atomic E-state index is 9.96. The molecule has 0 aliphatic heterocycles. The first-order valence-corrected chi connectivity index (χ1v) is 7.71. The molecule has 0 bridgehead atoms. The standard InChI is InChI=1S/C15H11BrClN5O/c16-8-1-4-10(5-2-8)19-15-21-13(20-14(18)22-15)11-7-9(17)3-6-12(11)23/h1-7,23H,(H3,18,19,20,21,22). The first-order valence-electron chi connectivity index (χ1n) is 6.54. The molecule has 0 aliphatic rings. The van der Waals surface area contributed by atoms with Gasteiger partial charge in [-0.05, 0) is 42.5 Å². The maximum atomic E-state index is 9.96. The van der Waals surface area contributed by atoms with Gasteiger partial charge in [0.05, 0.1) is 5.56 Å². The first-order chi connectivity index (χ1) is 11.0. The van der Waals surface area contributed by atoms with Crippen LogP contribution in [-0.4, -0.2) is 20.1 Å². The van der Waals surface area contributed by atoms with Crippen LogP contribution in [0.15, 0.2) is 46.9 Å². The molecule has 1 heterocycles. The van der Waals surface area contributed by atoms with Crippen LogP contribution in [0.25, 0.3) is 11.4 Å². The zero-order valence-electron chi connectivity index (χ0n) is 11.7. The fraction of sp³-hybridized carbons (Fsp3) is 0. The topological polar surface area (TPSA) is 97.0 Å². The molecule has 0 radical (unpaired) electrons. The van der Waals surface area contributed by atoms with Crippen molar-refractivity contribution in [1.82, 2.24) is 15.0 Å². The number of hydrogen-bond acceptors (Lipinski definition) is 6. The molecule has 23 heavy (non-hydrogen) atoms. The zero-order chi connectivity index (χ0) is 16.4. The van der Waals surface area contributed by atoms with Gasteiger partial charge in [0.2, 0.25) is 11.9 Å². The lowest BCUT2D eigenvalue weighted by molar-refractivity contribution is 0.477. The summed E-state index contributed by atoms with van der Waals surface area (Å²) in [6.07, 6.45) is 0. The highest BCUT2D eigenvalue weighted by Gasteiger charge is 2.12. The van der Waals surface area contributed by atoms with Crippen LogP contribution < -0.4 is 11.1 Å². The average molecular weight is 393 g/mol. The lowest BCUT2D eigenvalue weighted by Crippen LogP contribution is -2.05. The third kappa shape index (κ3) is 3.69. The summed E-state index contributed by atoms with van der Waals surface area (Å²) < 4.78 is 0.961. The third-order valence-corrected chi connectivity index (χ3v) is 3.72. The number of phenols is 1. The number of benzene rings is 2. The Balaban J connectivity index is 1.99. The van der Waals surface area contributed by atoms with Crippen molar-refractivity contribution in [3.05, 3.63) is 52.0 Å². The van der Waals surface area contributed by atoms with Crippen molar-refractivity contribution < 1.29 is 5.11 Å². The van der Waals surface area contributed by atoms with Gasteiger partial charge in [-0.25, -0.2) is 0 Å². The molecule has 0 fully saturated rings. The molecule has 116 valence electrons. The molecule has 8 heteroatoms. The minimum absolute atomic E-state index is 0.00888. The van der Waals surface area contributed by atoms with E-state index in [0.29, 0.717) is 10.6 Å². The summed E-state index contributed by atoms with van der Waals surface area (Å²) in [5.41, 5.74) is 6.91. The van der Waals surface area contributed by atoms with Crippen LogP contribution in [-0.2, 0) is 0 Å². The molecule has 0 amide bonds. The highest BCUT2D eigenvalue weighted by Crippen LogP contribution is 2.30. The number of aromatic hydroxyl groups is 1. The molecule has 3 rings (SSSR count). The van der Waals surface area contributed by atoms with Gasteiger partial charge in [0, 0.05) is 15.2 Å². The quantitative estimate of drug-likeness (QED) is 0.623. The van der Waals surface area contributed by atoms with Gasteiger partial charge in [0.15, 0.2) is 5.82 Å². The van der Waals surface area contributed by atoms with Gasteiger partial charge in [0.1, 0.15) is 5.75 Å². The van der Waals surface area contributed by atoms with Crippen molar-refractivity contribution in [2.24, 2.45) is 0 Å². The van der Waals surface area contributed by atoms with Crippen molar-refractivity contribution in [2.75, 3.05) is 11.1 Å². The van der Waals surface area contributed by atoms with E-state index in [1.165, 1.54) is 6.07 Å². The second-order valence-corrected chi connectivity index (χ2v) is 5.99. The molecule has 3 aromatic rings. The van der Waals surface area contributed by atoms with Crippen molar-refractivity contribution >= 4 is 45.1 Å². The lowest BCUT2D eigenvalue weighted by atomic mass is 10.2. The second kappa shape index (κ2) is 6.39. The van der Waals surface area contributed by atoms with E-state index in [2.05, 4.69) is 36.2 Å². The van der Waals surface area contributed by atoms with E-state index >= 15 is 0 Å². The van der Waals surface area contributed by atoms with E-state index < -0.39 is 0 Å². The smallest absolute Gasteiger partial charge is 0.232 e. The van der Waals surface area contributed by atoms with Crippen LogP contribution in [0.1, 0.15) is 0 Å². The number of halogens is 2. The van der Waals surface area contributed by atoms with Gasteiger partial charge < -0.3 is 16.2 Å². The normalized spacial score (nSPS) is 10.5. The second-order valence-electron chi connectivity index (χ2n) is 4.63. The Kier molecular flexibility index (Phi) is 4.31. The van der Waals surface area contributed by atoms with Gasteiger partial charge in [0.25, 0.3) is 0 Å². The third-order valence-electron chi connectivity index (χ3n) is 2.95. The van der Waals surface area contributed by atoms with E-state index in [4.69, 9.17) is 17.3 Å². The summed E-state index contributed by atoms with van der Waals surface area (Å²) in [5.74, 6) is 0.551. The summed E-state index contributed by atoms with van der Waals surface area (Å²) >= 11 is 9.33. The summed E-state index contributed by atoms with van der Waals surface area (Å²) in [5, 5.41) is 13.5. The zero-order valence-corrected chi connectivity index (χ0v) is 14.0. The molecule has 6 nitrogen and oxygen atoms in total. The molecule has 0 unspecified atom stereocenters. The Labute approximate surface area is 145 Å². The molecule has 0 saturated heterocycles. The molecule has 4 N–H and O–H groups in total. The molecular formula is C15H11BrClN5O. The Morgan fingerprint density at radius 2 is 1.78 bits per heavy atom. The number of nitrogens with two attached hydrogens (primary N) is 1. The first kappa shape index (κ1) is 15.5. The predicted octanol–water partition coefficient (Wildman–Crippen LogP) is 3.99. The minimum atomic E-state index is 0.00888. The van der Waals surface area contributed by atoms with Gasteiger partial charge in [-0.2, -0.15) is 15.0 Å². The molecule has 0 atom stereocenters. The minimum Gasteiger partial charge on any atom is -0.507 e. The van der Waals surface area contributed by atoms with E-state index in [1.54, 1.807) is 12.1 Å². The van der Waals surface area contributed by atoms with Crippen LogP contribution in [0.4, 0.5) is 17.6 Å². The number of hydrogen-bond donors (Lipinski definition) is 3. The van der Waals surface area contributed by atoms with Crippen molar-refractivity contribution in [2.45, 2.75) is 0 Å². The van der Waals surface area contributed by atoms with Crippen LogP contribution >= 0.6 is 27.5 Å². The van der Waals surface area contributed by atoms with Gasteiger partial charge in [-0.3, -0.25) is 0 Å². The van der Waals surface area contributed by atoms with Gasteiger partial charge in [-0.1, -0.05) is 27.5 Å². The van der Waals surface area contributed by atoms with E-state index in [9.17, 15) is 5.11 Å². The van der Waals surface area contributed by atoms with Crippen LogP contribution in [0.3, 0.4) is 0 Å². The number of nitrogen functional groups attached to an aromatic ring is 1. The largest absolute Gasteiger partial charge is 0.507 e. The summed E-state index contributed by atoms with van der Waals surface area (Å²) in [6.45, 7) is 0. The summed E-state index contributed by atoms with van der Waals surface area (Å²) in [4.78, 5) is 12.4. The highest BCUT2D eigenvalue weighted by molar-refractivity contribution is 9.10. The van der Waals surface area contributed by atoms with Crippen LogP contribution in [0, 0.1) is 0 Å². The van der Waals surface area contributed by atoms with E-state index in [-0.39, 0.29) is 23.5 Å². The number of nitrogens with zero attached hydrogens (tertiary/aromatic N) is 3. The Hall–Kier alpha value is -2.38. The maximum Gasteiger partial charge on any atom is 0.232 e. The number of nitrogens with one attached hydrogen (secondary N) is 1. The number of aromatic nitrogens is 3. The SMILES string of the molecule is Nc1nc(Nc2ccc(Br)cc2)nc(-c2cc(Cl)ccc2O)n1. The number of phenolic OH excluding ortho intramolecular Hbond substituents is 1. The molecule has 0 saturated carbocycles. The van der Waals surface area contributed by atoms with Crippen LogP contribution in [0.5, 0.6) is 5.75 Å². The molecule has 1 aromatic heterocycles. The van der Waals surface area contributed by atoms with Crippen LogP contribution in [0.2, 0.25) is 5.02 Å². The molecule has 0 aliphatic carbocycles. The van der Waals surface area contributed by atoms with Gasteiger partial charge >= 0.3 is 0 Å². The highest BCUT2D eigenvalue weighted by atomic mass is 79.9. The Bertz CT molecular complexity index is 857. The van der Waals surface area contributed by atoms with E-state index in [0.717, 1.165) is 10.2 Å². The molecule has 2 aromatic carbocycles. The summed E-state index contributed by atoms with van der Waals surface area (Å²) in [6, 6.07) is 12.1. The number of rotatable bonds is 3. The fourth-order valence-electron chi connectivity index (χ4n) is 1.92. The predicted molar refractivity (Wildman–Crippen MR) is 93.8 cm³/mol. The fourth-order valence-corrected chi connectivity index (χ4v) is 2.35. The van der Waals surface area contributed by atoms with E-state index in [1.807, 2.05) is 24.3 Å². The monoisotopic (exact) mass is 391 g/mol. The average Bonchev–Trinajstić information content (AvgIpc) is 2.51. The lowest BCUT2D eigenvalue weighted by Gasteiger charge is -2.08. The molecular weight excluding hydrogens is 382 g/mol. The van der Waals surface area contributed by atoms with Gasteiger partial charge in [-0.15, -0.1) is 0 Å². The summed E-state index contributed by atoms with van der Waals surface area (Å²) in [7, 11) is 0. The van der Waals surface area contributed by atoms with Crippen molar-refractivity contribution in [3.63, 3.8) is 0 Å². The Morgan fingerprint density at radius 1 is 1.04 bits per heavy atom. The Morgan fingerprint density at radius 3 is 2.52 bits per heavy atom. The van der Waals surface area contributed by atoms with Crippen molar-refractivity contribution in [3.8, 4) is 17.1 Å². The molecule has 0 spiro atoms. The van der Waals surface area contributed by atoms with Crippen molar-refractivity contribution in [1.29, 1.82) is 0 Å². The number of anilines is 3.